The Morgan fingerprint density at radius 3 is 2.67 bits per heavy atom. The molecule has 0 aromatic rings. The fourth-order valence-corrected chi connectivity index (χ4v) is 1.48. The molecule has 0 bridgehead atoms. The predicted octanol–water partition coefficient (Wildman–Crippen LogP) is 2.95. The summed E-state index contributed by atoms with van der Waals surface area (Å²) in [6, 6.07) is 0. The van der Waals surface area contributed by atoms with Crippen LogP contribution in [0.15, 0.2) is 11.5 Å². The van der Waals surface area contributed by atoms with Crippen molar-refractivity contribution in [3.05, 3.63) is 11.5 Å². The molecule has 0 radical (unpaired) electrons. The number of thioether (sulfide) groups is 1. The summed E-state index contributed by atoms with van der Waals surface area (Å²) < 4.78 is 0. The highest BCUT2D eigenvalue weighted by Crippen LogP contribution is 2.14. The zero-order valence-electron chi connectivity index (χ0n) is 7.84. The fraction of sp³-hybridized carbons (Fsp3) is 0.667. The lowest BCUT2D eigenvalue weighted by Crippen LogP contribution is -2.01. The summed E-state index contributed by atoms with van der Waals surface area (Å²) >= 11 is 1.28. The average Bonchev–Trinajstić information content (AvgIpc) is 2.02. The third kappa shape index (κ3) is 6.28. The number of hydrogen-bond acceptors (Lipinski definition) is 2. The van der Waals surface area contributed by atoms with E-state index < -0.39 is 0 Å². The lowest BCUT2D eigenvalue weighted by molar-refractivity contribution is 0.564. The van der Waals surface area contributed by atoms with Crippen LogP contribution in [0.1, 0.15) is 33.1 Å². The lowest BCUT2D eigenvalue weighted by atomic mass is 10.0. The molecule has 0 aromatic carbocycles. The molecule has 0 aliphatic heterocycles. The maximum Gasteiger partial charge on any atom is 0.155 e. The second kappa shape index (κ2) is 7.22. The van der Waals surface area contributed by atoms with Gasteiger partial charge in [-0.25, -0.2) is 0 Å². The molecule has 2 nitrogen and oxygen atoms in total. The van der Waals surface area contributed by atoms with Crippen LogP contribution >= 0.6 is 11.8 Å². The molecule has 0 saturated carbocycles. The van der Waals surface area contributed by atoms with Crippen LogP contribution in [0.5, 0.6) is 0 Å². The molecule has 0 rings (SSSR count). The number of rotatable bonds is 5. The van der Waals surface area contributed by atoms with Crippen LogP contribution in [0.2, 0.25) is 0 Å². The molecule has 1 atom stereocenters. The van der Waals surface area contributed by atoms with Crippen LogP contribution < -0.4 is 5.73 Å². The summed E-state index contributed by atoms with van der Waals surface area (Å²) in [6.07, 6.45) is 5.76. The highest BCUT2D eigenvalue weighted by molar-refractivity contribution is 8.16. The largest absolute Gasteiger partial charge is 0.378 e. The Balaban J connectivity index is 3.68. The second-order valence-corrected chi connectivity index (χ2v) is 3.72. The molecular weight excluding hydrogens is 168 g/mol. The van der Waals surface area contributed by atoms with E-state index in [-0.39, 0.29) is 5.17 Å². The molecule has 3 heteroatoms. The first kappa shape index (κ1) is 11.6. The zero-order valence-corrected chi connectivity index (χ0v) is 8.66. The molecule has 0 aromatic heterocycles. The van der Waals surface area contributed by atoms with E-state index >= 15 is 0 Å². The average molecular weight is 186 g/mol. The molecule has 12 heavy (non-hydrogen) atoms. The van der Waals surface area contributed by atoms with Gasteiger partial charge in [-0.15, -0.1) is 0 Å². The van der Waals surface area contributed by atoms with Crippen LogP contribution in [-0.4, -0.2) is 5.17 Å². The number of nitrogens with two attached hydrogens (primary N) is 1. The summed E-state index contributed by atoms with van der Waals surface area (Å²) in [7, 11) is 0. The Morgan fingerprint density at radius 1 is 1.58 bits per heavy atom. The van der Waals surface area contributed by atoms with Crippen LogP contribution in [0.3, 0.4) is 0 Å². The van der Waals surface area contributed by atoms with E-state index in [0.717, 1.165) is 0 Å². The van der Waals surface area contributed by atoms with Crippen molar-refractivity contribution < 1.29 is 0 Å². The van der Waals surface area contributed by atoms with Gasteiger partial charge in [0.15, 0.2) is 5.17 Å². The Bertz CT molecular complexity index is 155. The minimum Gasteiger partial charge on any atom is -0.378 e. The van der Waals surface area contributed by atoms with E-state index in [0.29, 0.717) is 5.92 Å². The van der Waals surface area contributed by atoms with Crippen LogP contribution in [0.25, 0.3) is 0 Å². The van der Waals surface area contributed by atoms with E-state index in [9.17, 15) is 0 Å². The van der Waals surface area contributed by atoms with Gasteiger partial charge in [0, 0.05) is 0 Å². The van der Waals surface area contributed by atoms with E-state index in [1.165, 1.54) is 31.0 Å². The van der Waals surface area contributed by atoms with Crippen molar-refractivity contribution in [3.8, 4) is 0 Å². The molecule has 0 aliphatic rings. The monoisotopic (exact) mass is 186 g/mol. The molecule has 0 heterocycles. The number of nitrogens with one attached hydrogen (secondary N) is 1. The standard InChI is InChI=1S/C9H18N2S/c1-3-5-8(4-2)6-7-12-9(10)11/h6-8H,3-5H2,1-2H3,(H3,10,11)/b7-6+. The Labute approximate surface area is 79.1 Å². The van der Waals surface area contributed by atoms with Gasteiger partial charge >= 0.3 is 0 Å². The third-order valence-electron chi connectivity index (χ3n) is 1.73. The van der Waals surface area contributed by atoms with Gasteiger partial charge < -0.3 is 5.73 Å². The molecule has 1 unspecified atom stereocenters. The van der Waals surface area contributed by atoms with Gasteiger partial charge in [0.2, 0.25) is 0 Å². The second-order valence-electron chi connectivity index (χ2n) is 2.77. The minimum absolute atomic E-state index is 0.164. The minimum atomic E-state index is 0.164. The van der Waals surface area contributed by atoms with Crippen molar-refractivity contribution in [3.63, 3.8) is 0 Å². The van der Waals surface area contributed by atoms with Crippen molar-refractivity contribution >= 4 is 16.9 Å². The summed E-state index contributed by atoms with van der Waals surface area (Å²) in [4.78, 5) is 0. The SMILES string of the molecule is CCCC(/C=C/SC(=N)N)CC. The highest BCUT2D eigenvalue weighted by atomic mass is 32.2. The van der Waals surface area contributed by atoms with Gasteiger partial charge in [-0.3, -0.25) is 5.41 Å². The maximum absolute atomic E-state index is 6.99. The Hall–Kier alpha value is -0.440. The van der Waals surface area contributed by atoms with Crippen LogP contribution in [0, 0.1) is 11.3 Å². The first-order valence-corrected chi connectivity index (χ1v) is 5.26. The molecule has 0 amide bonds. The smallest absolute Gasteiger partial charge is 0.155 e. The zero-order chi connectivity index (χ0) is 9.40. The van der Waals surface area contributed by atoms with Crippen molar-refractivity contribution in [2.75, 3.05) is 0 Å². The maximum atomic E-state index is 6.99. The van der Waals surface area contributed by atoms with E-state index in [4.69, 9.17) is 11.1 Å². The molecule has 0 aliphatic carbocycles. The van der Waals surface area contributed by atoms with E-state index in [1.807, 2.05) is 5.41 Å². The summed E-state index contributed by atoms with van der Waals surface area (Å²) in [5.41, 5.74) is 5.19. The highest BCUT2D eigenvalue weighted by Gasteiger charge is 1.98. The number of hydrogen-bond donors (Lipinski definition) is 2. The summed E-state index contributed by atoms with van der Waals surface area (Å²) in [6.45, 7) is 4.37. The normalized spacial score (nSPS) is 13.5. The van der Waals surface area contributed by atoms with Gasteiger partial charge in [0.25, 0.3) is 0 Å². The summed E-state index contributed by atoms with van der Waals surface area (Å²) in [5.74, 6) is 0.654. The predicted molar refractivity (Wildman–Crippen MR) is 57.3 cm³/mol. The first-order chi connectivity index (χ1) is 5.70. The lowest BCUT2D eigenvalue weighted by Gasteiger charge is -2.06. The number of allylic oxidation sites excluding steroid dienone is 1. The van der Waals surface area contributed by atoms with Crippen molar-refractivity contribution in [2.24, 2.45) is 11.7 Å². The van der Waals surface area contributed by atoms with Crippen LogP contribution in [0.4, 0.5) is 0 Å². The van der Waals surface area contributed by atoms with Gasteiger partial charge in [-0.05, 0) is 24.2 Å². The van der Waals surface area contributed by atoms with Crippen LogP contribution in [-0.2, 0) is 0 Å². The van der Waals surface area contributed by atoms with E-state index in [2.05, 4.69) is 19.9 Å². The van der Waals surface area contributed by atoms with Crippen molar-refractivity contribution in [1.82, 2.24) is 0 Å². The van der Waals surface area contributed by atoms with E-state index in [1.54, 1.807) is 0 Å². The molecule has 70 valence electrons. The van der Waals surface area contributed by atoms with Gasteiger partial charge in [0.1, 0.15) is 0 Å². The van der Waals surface area contributed by atoms with Gasteiger partial charge in [0.05, 0.1) is 0 Å². The molecule has 0 spiro atoms. The van der Waals surface area contributed by atoms with Crippen molar-refractivity contribution in [2.45, 2.75) is 33.1 Å². The van der Waals surface area contributed by atoms with Gasteiger partial charge in [-0.1, -0.05) is 38.1 Å². The first-order valence-electron chi connectivity index (χ1n) is 4.38. The third-order valence-corrected chi connectivity index (χ3v) is 2.28. The molecule has 0 saturated heterocycles. The fourth-order valence-electron chi connectivity index (χ4n) is 1.03. The van der Waals surface area contributed by atoms with Gasteiger partial charge in [-0.2, -0.15) is 0 Å². The Kier molecular flexibility index (Phi) is 6.96. The summed E-state index contributed by atoms with van der Waals surface area (Å²) in [5, 5.41) is 9.07. The Morgan fingerprint density at radius 2 is 2.25 bits per heavy atom. The van der Waals surface area contributed by atoms with Crippen molar-refractivity contribution in [1.29, 1.82) is 5.41 Å². The molecule has 0 fully saturated rings. The topological polar surface area (TPSA) is 49.9 Å². The quantitative estimate of drug-likeness (QED) is 0.512. The molecular formula is C9H18N2S. The molecule has 3 N–H and O–H groups in total. The number of amidine groups is 1.